The summed E-state index contributed by atoms with van der Waals surface area (Å²) in [6.45, 7) is 0. The Morgan fingerprint density at radius 2 is 1.95 bits per heavy atom. The van der Waals surface area contributed by atoms with Crippen LogP contribution in [0, 0.1) is 11.3 Å². The maximum Gasteiger partial charge on any atom is 0.102 e. The molecule has 19 heavy (non-hydrogen) atoms. The van der Waals surface area contributed by atoms with E-state index in [1.807, 2.05) is 6.07 Å². The molecule has 0 amide bonds. The third-order valence-electron chi connectivity index (χ3n) is 2.68. The van der Waals surface area contributed by atoms with Crippen LogP contribution in [0.2, 0.25) is 10.0 Å². The molecular formula is C13H6Cl2N4. The summed E-state index contributed by atoms with van der Waals surface area (Å²) < 4.78 is 1.60. The van der Waals surface area contributed by atoms with Crippen LogP contribution in [0.25, 0.3) is 16.6 Å². The van der Waals surface area contributed by atoms with Gasteiger partial charge in [0.25, 0.3) is 0 Å². The lowest BCUT2D eigenvalue weighted by Gasteiger charge is -2.07. The van der Waals surface area contributed by atoms with Crippen LogP contribution in [0.3, 0.4) is 0 Å². The number of nitriles is 1. The third kappa shape index (κ3) is 2.03. The van der Waals surface area contributed by atoms with Gasteiger partial charge in [0.15, 0.2) is 0 Å². The molecule has 92 valence electrons. The van der Waals surface area contributed by atoms with Gasteiger partial charge in [-0.3, -0.25) is 4.98 Å². The monoisotopic (exact) mass is 288 g/mol. The second-order valence-corrected chi connectivity index (χ2v) is 4.72. The molecule has 0 aliphatic heterocycles. The fraction of sp³-hybridized carbons (Fsp3) is 0. The van der Waals surface area contributed by atoms with Gasteiger partial charge >= 0.3 is 0 Å². The quantitative estimate of drug-likeness (QED) is 0.687. The van der Waals surface area contributed by atoms with E-state index < -0.39 is 0 Å². The van der Waals surface area contributed by atoms with Crippen LogP contribution >= 0.6 is 23.2 Å². The summed E-state index contributed by atoms with van der Waals surface area (Å²) >= 11 is 12.3. The molecule has 4 nitrogen and oxygen atoms in total. The van der Waals surface area contributed by atoms with Crippen molar-refractivity contribution in [3.8, 4) is 11.8 Å². The molecule has 0 radical (unpaired) electrons. The maximum atomic E-state index is 8.86. The molecule has 0 unspecified atom stereocenters. The lowest BCUT2D eigenvalue weighted by molar-refractivity contribution is 0.896. The standard InChI is InChI=1S/C13H6Cl2N4/c14-10-3-8(5-16)4-11(15)13(10)19-7-9-6-17-2-1-12(9)18-19/h1-4,6-7H. The van der Waals surface area contributed by atoms with Gasteiger partial charge in [-0.2, -0.15) is 10.4 Å². The number of nitrogens with zero attached hydrogens (tertiary/aromatic N) is 4. The number of pyridine rings is 1. The molecule has 0 atom stereocenters. The summed E-state index contributed by atoms with van der Waals surface area (Å²) in [5.41, 5.74) is 1.77. The zero-order valence-corrected chi connectivity index (χ0v) is 11.0. The van der Waals surface area contributed by atoms with Crippen molar-refractivity contribution < 1.29 is 0 Å². The van der Waals surface area contributed by atoms with E-state index in [0.717, 1.165) is 10.9 Å². The average molecular weight is 289 g/mol. The Bertz CT molecular complexity index is 761. The zero-order chi connectivity index (χ0) is 13.4. The van der Waals surface area contributed by atoms with Crippen molar-refractivity contribution in [1.29, 1.82) is 5.26 Å². The number of benzene rings is 1. The minimum atomic E-state index is 0.379. The van der Waals surface area contributed by atoms with Crippen LogP contribution in [0.4, 0.5) is 0 Å². The first-order valence-corrected chi connectivity index (χ1v) is 6.13. The number of fused-ring (bicyclic) bond motifs is 1. The van der Waals surface area contributed by atoms with Crippen LogP contribution in [0.15, 0.2) is 36.8 Å². The normalized spacial score (nSPS) is 10.6. The van der Waals surface area contributed by atoms with E-state index in [2.05, 4.69) is 10.1 Å². The van der Waals surface area contributed by atoms with E-state index in [4.69, 9.17) is 28.5 Å². The molecule has 2 heterocycles. The van der Waals surface area contributed by atoms with Crippen molar-refractivity contribution in [3.05, 3.63) is 52.4 Å². The third-order valence-corrected chi connectivity index (χ3v) is 3.26. The molecule has 0 fully saturated rings. The zero-order valence-electron chi connectivity index (χ0n) is 9.51. The van der Waals surface area contributed by atoms with Crippen LogP contribution in [0.5, 0.6) is 0 Å². The smallest absolute Gasteiger partial charge is 0.102 e. The molecule has 0 aliphatic carbocycles. The summed E-state index contributed by atoms with van der Waals surface area (Å²) in [4.78, 5) is 4.03. The van der Waals surface area contributed by atoms with E-state index in [1.165, 1.54) is 0 Å². The Morgan fingerprint density at radius 3 is 2.58 bits per heavy atom. The van der Waals surface area contributed by atoms with Crippen LogP contribution in [-0.2, 0) is 0 Å². The SMILES string of the molecule is N#Cc1cc(Cl)c(-n2cc3cnccc3n2)c(Cl)c1. The molecule has 2 aromatic heterocycles. The van der Waals surface area contributed by atoms with E-state index >= 15 is 0 Å². The highest BCUT2D eigenvalue weighted by molar-refractivity contribution is 6.38. The number of hydrogen-bond acceptors (Lipinski definition) is 3. The van der Waals surface area contributed by atoms with Gasteiger partial charge in [0.1, 0.15) is 5.69 Å². The van der Waals surface area contributed by atoms with E-state index in [-0.39, 0.29) is 0 Å². The minimum absolute atomic E-state index is 0.379. The van der Waals surface area contributed by atoms with Crippen molar-refractivity contribution in [1.82, 2.24) is 14.8 Å². The predicted molar refractivity (Wildman–Crippen MR) is 73.6 cm³/mol. The lowest BCUT2D eigenvalue weighted by Crippen LogP contribution is -1.97. The topological polar surface area (TPSA) is 54.5 Å². The summed E-state index contributed by atoms with van der Waals surface area (Å²) in [6, 6.07) is 6.93. The van der Waals surface area contributed by atoms with Crippen molar-refractivity contribution in [2.75, 3.05) is 0 Å². The fourth-order valence-corrected chi connectivity index (χ4v) is 2.49. The van der Waals surface area contributed by atoms with Crippen molar-refractivity contribution in [3.63, 3.8) is 0 Å². The number of halogens is 2. The van der Waals surface area contributed by atoms with Gasteiger partial charge in [-0.1, -0.05) is 23.2 Å². The maximum absolute atomic E-state index is 8.86. The second-order valence-electron chi connectivity index (χ2n) is 3.91. The largest absolute Gasteiger partial charge is 0.264 e. The molecule has 0 saturated heterocycles. The van der Waals surface area contributed by atoms with Crippen molar-refractivity contribution >= 4 is 34.1 Å². The molecule has 0 saturated carbocycles. The van der Waals surface area contributed by atoms with Crippen LogP contribution in [0.1, 0.15) is 5.56 Å². The fourth-order valence-electron chi connectivity index (χ4n) is 1.83. The van der Waals surface area contributed by atoms with Gasteiger partial charge in [0.05, 0.1) is 27.2 Å². The first-order chi connectivity index (χ1) is 9.19. The number of aromatic nitrogens is 3. The minimum Gasteiger partial charge on any atom is -0.264 e. The Labute approximate surface area is 118 Å². The highest BCUT2D eigenvalue weighted by atomic mass is 35.5. The Balaban J connectivity index is 2.24. The molecule has 1 aromatic carbocycles. The Morgan fingerprint density at radius 1 is 1.21 bits per heavy atom. The first-order valence-electron chi connectivity index (χ1n) is 5.38. The molecule has 0 spiro atoms. The molecular weight excluding hydrogens is 283 g/mol. The Kier molecular flexibility index (Phi) is 2.86. The van der Waals surface area contributed by atoms with Gasteiger partial charge in [0, 0.05) is 24.0 Å². The molecule has 0 N–H and O–H groups in total. The van der Waals surface area contributed by atoms with E-state index in [1.54, 1.807) is 41.5 Å². The lowest BCUT2D eigenvalue weighted by atomic mass is 10.2. The summed E-state index contributed by atoms with van der Waals surface area (Å²) in [6.07, 6.45) is 5.17. The average Bonchev–Trinajstić information content (AvgIpc) is 2.80. The number of hydrogen-bond donors (Lipinski definition) is 0. The summed E-state index contributed by atoms with van der Waals surface area (Å²) in [5, 5.41) is 14.9. The van der Waals surface area contributed by atoms with Gasteiger partial charge in [-0.25, -0.2) is 4.68 Å². The predicted octanol–water partition coefficient (Wildman–Crippen LogP) is 3.60. The van der Waals surface area contributed by atoms with Gasteiger partial charge in [0.2, 0.25) is 0 Å². The summed E-state index contributed by atoms with van der Waals surface area (Å²) in [7, 11) is 0. The highest BCUT2D eigenvalue weighted by Crippen LogP contribution is 2.30. The molecule has 3 aromatic rings. The van der Waals surface area contributed by atoms with E-state index in [0.29, 0.717) is 21.3 Å². The van der Waals surface area contributed by atoms with Crippen LogP contribution < -0.4 is 0 Å². The van der Waals surface area contributed by atoms with Crippen molar-refractivity contribution in [2.45, 2.75) is 0 Å². The van der Waals surface area contributed by atoms with Gasteiger partial charge in [-0.15, -0.1) is 0 Å². The molecule has 6 heteroatoms. The van der Waals surface area contributed by atoms with Crippen LogP contribution in [-0.4, -0.2) is 14.8 Å². The second kappa shape index (κ2) is 4.54. The van der Waals surface area contributed by atoms with E-state index in [9.17, 15) is 0 Å². The van der Waals surface area contributed by atoms with Crippen molar-refractivity contribution in [2.24, 2.45) is 0 Å². The first kappa shape index (κ1) is 12.0. The van der Waals surface area contributed by atoms with Gasteiger partial charge in [-0.05, 0) is 18.2 Å². The summed E-state index contributed by atoms with van der Waals surface area (Å²) in [5.74, 6) is 0. The highest BCUT2D eigenvalue weighted by Gasteiger charge is 2.12. The molecule has 0 aliphatic rings. The molecule has 3 rings (SSSR count). The number of rotatable bonds is 1. The molecule has 0 bridgehead atoms. The van der Waals surface area contributed by atoms with Gasteiger partial charge < -0.3 is 0 Å². The Hall–Kier alpha value is -2.09.